The van der Waals surface area contributed by atoms with E-state index in [9.17, 15) is 9.59 Å². The lowest BCUT2D eigenvalue weighted by molar-refractivity contribution is 0.0905. The Morgan fingerprint density at radius 3 is 2.38 bits per heavy atom. The van der Waals surface area contributed by atoms with Crippen LogP contribution in [0.3, 0.4) is 0 Å². The van der Waals surface area contributed by atoms with Crippen LogP contribution >= 0.6 is 0 Å². The Morgan fingerprint density at radius 1 is 1.08 bits per heavy atom. The third kappa shape index (κ3) is 3.08. The summed E-state index contributed by atoms with van der Waals surface area (Å²) in [6.07, 6.45) is 0.942. The van der Waals surface area contributed by atoms with E-state index >= 15 is 0 Å². The molecule has 1 fully saturated rings. The number of benzene rings is 2. The van der Waals surface area contributed by atoms with Crippen LogP contribution in [-0.2, 0) is 6.42 Å². The first-order valence-corrected chi connectivity index (χ1v) is 8.04. The second-order valence-electron chi connectivity index (χ2n) is 5.90. The molecular formula is C20H20N2O2. The molecule has 2 atom stereocenters. The number of amides is 2. The zero-order valence-electron chi connectivity index (χ0n) is 13.6. The van der Waals surface area contributed by atoms with E-state index in [-0.39, 0.29) is 11.8 Å². The maximum Gasteiger partial charge on any atom is 0.319 e. The molecule has 2 N–H and O–H groups in total. The molecule has 1 heterocycles. The van der Waals surface area contributed by atoms with Gasteiger partial charge >= 0.3 is 6.03 Å². The highest BCUT2D eigenvalue weighted by Crippen LogP contribution is 2.32. The lowest BCUT2D eigenvalue weighted by Gasteiger charge is -2.34. The highest BCUT2D eigenvalue weighted by atomic mass is 16.2. The van der Waals surface area contributed by atoms with Crippen LogP contribution < -0.4 is 10.6 Å². The van der Waals surface area contributed by atoms with Crippen molar-refractivity contribution in [2.24, 2.45) is 5.92 Å². The summed E-state index contributed by atoms with van der Waals surface area (Å²) in [5.41, 5.74) is 3.15. The summed E-state index contributed by atoms with van der Waals surface area (Å²) in [6, 6.07) is 16.3. The maximum absolute atomic E-state index is 13.0. The average Bonchev–Trinajstić information content (AvgIpc) is 2.61. The molecule has 4 nitrogen and oxygen atoms in total. The minimum atomic E-state index is -0.544. The van der Waals surface area contributed by atoms with Crippen LogP contribution in [0.15, 0.2) is 66.9 Å². The Morgan fingerprint density at radius 2 is 1.75 bits per heavy atom. The molecular weight excluding hydrogens is 300 g/mol. The fourth-order valence-corrected chi connectivity index (χ4v) is 3.01. The fourth-order valence-electron chi connectivity index (χ4n) is 3.01. The molecule has 0 spiro atoms. The number of nitrogens with one attached hydrogen (secondary N) is 2. The standard InChI is InChI=1S/C20H20N2O2/c1-3-14-9-11-15(12-10-14)18-17(13(2)21-20(24)22-18)19(23)16-7-5-4-6-8-16/h4-12,17-18H,2-3H2,1H3,(H2,21,22,24)/t17-,18-/m0/s1. The van der Waals surface area contributed by atoms with Gasteiger partial charge in [-0.3, -0.25) is 4.79 Å². The lowest BCUT2D eigenvalue weighted by atomic mass is 9.83. The van der Waals surface area contributed by atoms with Crippen LogP contribution in [0.4, 0.5) is 4.79 Å². The van der Waals surface area contributed by atoms with Gasteiger partial charge in [0.05, 0.1) is 12.0 Å². The van der Waals surface area contributed by atoms with Crippen LogP contribution in [-0.4, -0.2) is 11.8 Å². The summed E-state index contributed by atoms with van der Waals surface area (Å²) in [6.45, 7) is 6.00. The predicted molar refractivity (Wildman–Crippen MR) is 93.6 cm³/mol. The molecule has 4 heteroatoms. The summed E-state index contributed by atoms with van der Waals surface area (Å²) in [4.78, 5) is 24.9. The Hall–Kier alpha value is -2.88. The van der Waals surface area contributed by atoms with E-state index in [4.69, 9.17) is 0 Å². The summed E-state index contributed by atoms with van der Waals surface area (Å²) in [7, 11) is 0. The van der Waals surface area contributed by atoms with Gasteiger partial charge in [-0.05, 0) is 17.5 Å². The number of urea groups is 1. The lowest BCUT2D eigenvalue weighted by Crippen LogP contribution is -2.50. The van der Waals surface area contributed by atoms with Gasteiger partial charge in [0.25, 0.3) is 0 Å². The monoisotopic (exact) mass is 320 g/mol. The molecule has 1 aliphatic rings. The first-order valence-electron chi connectivity index (χ1n) is 8.04. The molecule has 1 saturated heterocycles. The number of hydrogen-bond donors (Lipinski definition) is 2. The smallest absolute Gasteiger partial charge is 0.319 e. The number of ketones is 1. The number of carbonyl (C=O) groups is 2. The molecule has 3 rings (SSSR count). The minimum Gasteiger partial charge on any atom is -0.330 e. The molecule has 0 bridgehead atoms. The fraction of sp³-hybridized carbons (Fsp3) is 0.200. The van der Waals surface area contributed by atoms with E-state index in [1.165, 1.54) is 5.56 Å². The quantitative estimate of drug-likeness (QED) is 0.845. The maximum atomic E-state index is 13.0. The van der Waals surface area contributed by atoms with Crippen molar-refractivity contribution in [3.63, 3.8) is 0 Å². The normalized spacial score (nSPS) is 20.2. The Kier molecular flexibility index (Phi) is 4.47. The topological polar surface area (TPSA) is 58.2 Å². The average molecular weight is 320 g/mol. The minimum absolute atomic E-state index is 0.0577. The van der Waals surface area contributed by atoms with Crippen molar-refractivity contribution in [3.8, 4) is 0 Å². The van der Waals surface area contributed by atoms with Crippen LogP contribution in [0.2, 0.25) is 0 Å². The van der Waals surface area contributed by atoms with E-state index in [1.54, 1.807) is 12.1 Å². The van der Waals surface area contributed by atoms with Crippen molar-refractivity contribution < 1.29 is 9.59 Å². The van der Waals surface area contributed by atoms with Gasteiger partial charge in [0, 0.05) is 11.3 Å². The molecule has 122 valence electrons. The Bertz CT molecular complexity index is 766. The molecule has 0 aliphatic carbocycles. The SMILES string of the molecule is C=C1NC(=O)N[C@@H](c2ccc(CC)cc2)[C@H]1C(=O)c1ccccc1. The van der Waals surface area contributed by atoms with Crippen LogP contribution in [0, 0.1) is 5.92 Å². The number of rotatable bonds is 4. The summed E-state index contributed by atoms with van der Waals surface area (Å²) in [5, 5.41) is 5.51. The first kappa shape index (κ1) is 16.0. The largest absolute Gasteiger partial charge is 0.330 e. The zero-order valence-corrected chi connectivity index (χ0v) is 13.6. The van der Waals surface area contributed by atoms with Gasteiger partial charge < -0.3 is 10.6 Å². The molecule has 0 aromatic heterocycles. The van der Waals surface area contributed by atoms with Crippen molar-refractivity contribution in [2.75, 3.05) is 0 Å². The summed E-state index contributed by atoms with van der Waals surface area (Å²) in [5.74, 6) is -0.602. The molecule has 0 saturated carbocycles. The van der Waals surface area contributed by atoms with Crippen LogP contribution in [0.25, 0.3) is 0 Å². The van der Waals surface area contributed by atoms with E-state index in [2.05, 4.69) is 24.1 Å². The molecule has 24 heavy (non-hydrogen) atoms. The second-order valence-corrected chi connectivity index (χ2v) is 5.90. The highest BCUT2D eigenvalue weighted by Gasteiger charge is 2.37. The van der Waals surface area contributed by atoms with Crippen LogP contribution in [0.5, 0.6) is 0 Å². The van der Waals surface area contributed by atoms with Gasteiger partial charge in [-0.2, -0.15) is 0 Å². The van der Waals surface area contributed by atoms with Gasteiger partial charge in [-0.25, -0.2) is 4.79 Å². The van der Waals surface area contributed by atoms with Gasteiger partial charge in [0.2, 0.25) is 0 Å². The molecule has 2 aromatic carbocycles. The Labute approximate surface area is 141 Å². The third-order valence-electron chi connectivity index (χ3n) is 4.36. The Balaban J connectivity index is 1.97. The van der Waals surface area contributed by atoms with Crippen molar-refractivity contribution in [3.05, 3.63) is 83.6 Å². The number of Topliss-reactive ketones (excluding diaryl/α,β-unsaturated/α-hetero) is 1. The van der Waals surface area contributed by atoms with Crippen LogP contribution in [0.1, 0.15) is 34.5 Å². The van der Waals surface area contributed by atoms with E-state index in [0.717, 1.165) is 12.0 Å². The van der Waals surface area contributed by atoms with Crippen molar-refractivity contribution in [2.45, 2.75) is 19.4 Å². The molecule has 1 aliphatic heterocycles. The number of hydrogen-bond acceptors (Lipinski definition) is 2. The van der Waals surface area contributed by atoms with Gasteiger partial charge in [0.1, 0.15) is 0 Å². The molecule has 2 amide bonds. The molecule has 0 unspecified atom stereocenters. The third-order valence-corrected chi connectivity index (χ3v) is 4.36. The highest BCUT2D eigenvalue weighted by molar-refractivity contribution is 6.01. The van der Waals surface area contributed by atoms with Crippen molar-refractivity contribution in [1.82, 2.24) is 10.6 Å². The first-order chi connectivity index (χ1) is 11.6. The molecule has 0 radical (unpaired) electrons. The summed E-state index contributed by atoms with van der Waals surface area (Å²) >= 11 is 0. The van der Waals surface area contributed by atoms with Crippen molar-refractivity contribution in [1.29, 1.82) is 0 Å². The van der Waals surface area contributed by atoms with Gasteiger partial charge in [-0.1, -0.05) is 68.1 Å². The van der Waals surface area contributed by atoms with Gasteiger partial charge in [0.15, 0.2) is 5.78 Å². The summed E-state index contributed by atoms with van der Waals surface area (Å²) < 4.78 is 0. The van der Waals surface area contributed by atoms with Gasteiger partial charge in [-0.15, -0.1) is 0 Å². The van der Waals surface area contributed by atoms with Crippen molar-refractivity contribution >= 4 is 11.8 Å². The van der Waals surface area contributed by atoms with E-state index in [0.29, 0.717) is 11.3 Å². The van der Waals surface area contributed by atoms with E-state index in [1.807, 2.05) is 42.5 Å². The van der Waals surface area contributed by atoms with E-state index < -0.39 is 12.0 Å². The molecule has 2 aromatic rings. The number of carbonyl (C=O) groups excluding carboxylic acids is 2. The predicted octanol–water partition coefficient (Wildman–Crippen LogP) is 3.62. The zero-order chi connectivity index (χ0) is 17.1. The second kappa shape index (κ2) is 6.71. The number of aryl methyl sites for hydroxylation is 1.